The molecule has 0 unspecified atom stereocenters. The normalized spacial score (nSPS) is 10.8. The van der Waals surface area contributed by atoms with Crippen LogP contribution in [0.1, 0.15) is 16.3 Å². The predicted octanol–water partition coefficient (Wildman–Crippen LogP) is 3.90. The first-order valence-corrected chi connectivity index (χ1v) is 11.1. The topological polar surface area (TPSA) is 98.7 Å². The molecule has 0 spiro atoms. The van der Waals surface area contributed by atoms with Gasteiger partial charge in [0.25, 0.3) is 0 Å². The molecule has 0 bridgehead atoms. The van der Waals surface area contributed by atoms with E-state index in [9.17, 15) is 4.79 Å². The van der Waals surface area contributed by atoms with Crippen molar-refractivity contribution >= 4 is 34.7 Å². The lowest BCUT2D eigenvalue weighted by Gasteiger charge is -2.04. The molecule has 7 nitrogen and oxygen atoms in total. The minimum absolute atomic E-state index is 0.0818. The quantitative estimate of drug-likeness (QED) is 0.337. The van der Waals surface area contributed by atoms with Gasteiger partial charge in [-0.1, -0.05) is 59.8 Å². The molecule has 0 saturated carbocycles. The van der Waals surface area contributed by atoms with E-state index >= 15 is 0 Å². The zero-order chi connectivity index (χ0) is 20.9. The van der Waals surface area contributed by atoms with E-state index < -0.39 is 0 Å². The number of anilines is 1. The number of rotatable bonds is 7. The van der Waals surface area contributed by atoms with Gasteiger partial charge in [-0.15, -0.1) is 21.5 Å². The van der Waals surface area contributed by atoms with Crippen LogP contribution in [0.3, 0.4) is 0 Å². The maximum Gasteiger partial charge on any atom is 0.231 e. The molecular weight excluding hydrogens is 416 g/mol. The first-order chi connectivity index (χ1) is 14.6. The van der Waals surface area contributed by atoms with Gasteiger partial charge in [-0.05, 0) is 19.1 Å². The zero-order valence-electron chi connectivity index (χ0n) is 16.3. The van der Waals surface area contributed by atoms with Crippen LogP contribution in [-0.4, -0.2) is 25.8 Å². The second-order valence-corrected chi connectivity index (χ2v) is 8.54. The number of aryl methyl sites for hydroxylation is 1. The molecule has 0 atom stereocenters. The molecule has 0 aliphatic heterocycles. The van der Waals surface area contributed by atoms with Crippen LogP contribution < -0.4 is 11.2 Å². The Morgan fingerprint density at radius 2 is 1.90 bits per heavy atom. The van der Waals surface area contributed by atoms with Crippen LogP contribution in [0.25, 0.3) is 11.4 Å². The first kappa shape index (κ1) is 20.1. The van der Waals surface area contributed by atoms with Gasteiger partial charge in [0.15, 0.2) is 5.82 Å². The summed E-state index contributed by atoms with van der Waals surface area (Å²) < 4.78 is 1.49. The Hall–Kier alpha value is -3.17. The largest absolute Gasteiger partial charge is 0.335 e. The summed E-state index contributed by atoms with van der Waals surface area (Å²) in [5.41, 5.74) is 3.73. The molecule has 0 radical (unpaired) electrons. The third-order valence-electron chi connectivity index (χ3n) is 4.29. The van der Waals surface area contributed by atoms with E-state index in [4.69, 9.17) is 5.84 Å². The second kappa shape index (κ2) is 9.10. The fraction of sp³-hybridized carbons (Fsp3) is 0.143. The minimum Gasteiger partial charge on any atom is -0.335 e. The van der Waals surface area contributed by atoms with Gasteiger partial charge >= 0.3 is 0 Å². The number of hydrogen-bond acceptors (Lipinski definition) is 7. The number of nitrogens with two attached hydrogens (primary N) is 1. The van der Waals surface area contributed by atoms with Crippen LogP contribution >= 0.6 is 23.1 Å². The van der Waals surface area contributed by atoms with Gasteiger partial charge in [0.2, 0.25) is 11.1 Å². The van der Waals surface area contributed by atoms with E-state index in [2.05, 4.69) is 20.5 Å². The number of hydrogen-bond donors (Lipinski definition) is 2. The van der Waals surface area contributed by atoms with Crippen molar-refractivity contribution in [3.8, 4) is 11.4 Å². The molecule has 1 amide bonds. The predicted molar refractivity (Wildman–Crippen MR) is 121 cm³/mol. The lowest BCUT2D eigenvalue weighted by Crippen LogP contribution is -2.14. The number of aromatic nitrogens is 4. The first-order valence-electron chi connectivity index (χ1n) is 9.27. The van der Waals surface area contributed by atoms with Crippen LogP contribution in [0.4, 0.5) is 5.69 Å². The Labute approximate surface area is 182 Å². The lowest BCUT2D eigenvalue weighted by molar-refractivity contribution is -0.115. The maximum absolute atomic E-state index is 12.2. The summed E-state index contributed by atoms with van der Waals surface area (Å²) in [6.07, 6.45) is 0.244. The Morgan fingerprint density at radius 3 is 2.67 bits per heavy atom. The Bertz CT molecular complexity index is 1140. The monoisotopic (exact) mass is 436 g/mol. The highest BCUT2D eigenvalue weighted by Gasteiger charge is 2.13. The number of nitrogens with one attached hydrogen (secondary N) is 1. The average molecular weight is 437 g/mol. The van der Waals surface area contributed by atoms with Crippen molar-refractivity contribution in [3.63, 3.8) is 0 Å². The van der Waals surface area contributed by atoms with Crippen molar-refractivity contribution in [2.45, 2.75) is 24.3 Å². The summed E-state index contributed by atoms with van der Waals surface area (Å²) in [5, 5.41) is 14.6. The van der Waals surface area contributed by atoms with Crippen molar-refractivity contribution in [1.29, 1.82) is 0 Å². The zero-order valence-corrected chi connectivity index (χ0v) is 17.9. The van der Waals surface area contributed by atoms with Gasteiger partial charge in [-0.25, -0.2) is 9.66 Å². The fourth-order valence-corrected chi connectivity index (χ4v) is 4.42. The van der Waals surface area contributed by atoms with Crippen molar-refractivity contribution in [3.05, 3.63) is 76.2 Å². The highest BCUT2D eigenvalue weighted by molar-refractivity contribution is 7.98. The second-order valence-electron chi connectivity index (χ2n) is 6.65. The standard InChI is InChI=1S/C21H20N6OS2/c1-14-7-9-16(10-8-14)23-18(28)11-19-24-17(12-29-19)13-30-21-26-25-20(27(21)22)15-5-3-2-4-6-15/h2-10,12H,11,13,22H2,1H3,(H,23,28). The lowest BCUT2D eigenvalue weighted by atomic mass is 10.2. The van der Waals surface area contributed by atoms with E-state index in [1.807, 2.05) is 66.9 Å². The summed E-state index contributed by atoms with van der Waals surface area (Å²) >= 11 is 2.93. The number of nitrogen functional groups attached to an aromatic ring is 1. The van der Waals surface area contributed by atoms with Crippen molar-refractivity contribution < 1.29 is 4.79 Å². The SMILES string of the molecule is Cc1ccc(NC(=O)Cc2nc(CSc3nnc(-c4ccccc4)n3N)cs2)cc1. The van der Waals surface area contributed by atoms with E-state index in [-0.39, 0.29) is 12.3 Å². The summed E-state index contributed by atoms with van der Waals surface area (Å²) in [6.45, 7) is 2.01. The summed E-state index contributed by atoms with van der Waals surface area (Å²) in [6, 6.07) is 17.4. The maximum atomic E-state index is 12.2. The van der Waals surface area contributed by atoms with Gasteiger partial charge in [0.05, 0.1) is 12.1 Å². The van der Waals surface area contributed by atoms with E-state index in [1.165, 1.54) is 27.8 Å². The number of amides is 1. The molecule has 0 aliphatic carbocycles. The molecule has 4 rings (SSSR count). The highest BCUT2D eigenvalue weighted by Crippen LogP contribution is 2.25. The molecule has 2 aromatic carbocycles. The number of carbonyl (C=O) groups is 1. The molecule has 4 aromatic rings. The van der Waals surface area contributed by atoms with E-state index in [0.717, 1.165) is 27.5 Å². The molecule has 3 N–H and O–H groups in total. The summed E-state index contributed by atoms with van der Waals surface area (Å²) in [4.78, 5) is 16.8. The number of benzene rings is 2. The van der Waals surface area contributed by atoms with Crippen molar-refractivity contribution in [1.82, 2.24) is 19.9 Å². The van der Waals surface area contributed by atoms with Crippen LogP contribution in [0.15, 0.2) is 65.1 Å². The number of carbonyl (C=O) groups excluding carboxylic acids is 1. The number of thioether (sulfide) groups is 1. The molecular formula is C21H20N6OS2. The summed E-state index contributed by atoms with van der Waals surface area (Å²) in [7, 11) is 0. The van der Waals surface area contributed by atoms with Crippen LogP contribution in [0.5, 0.6) is 0 Å². The smallest absolute Gasteiger partial charge is 0.231 e. The third-order valence-corrected chi connectivity index (χ3v) is 6.17. The molecule has 152 valence electrons. The minimum atomic E-state index is -0.0818. The van der Waals surface area contributed by atoms with Crippen LogP contribution in [0.2, 0.25) is 0 Å². The molecule has 9 heteroatoms. The third kappa shape index (κ3) is 4.87. The van der Waals surface area contributed by atoms with E-state index in [0.29, 0.717) is 16.7 Å². The van der Waals surface area contributed by atoms with Gasteiger partial charge < -0.3 is 11.2 Å². The number of thiazole rings is 1. The number of nitrogens with zero attached hydrogens (tertiary/aromatic N) is 4. The van der Waals surface area contributed by atoms with Crippen LogP contribution in [0, 0.1) is 6.92 Å². The van der Waals surface area contributed by atoms with Gasteiger partial charge in [-0.3, -0.25) is 4.79 Å². The van der Waals surface area contributed by atoms with Gasteiger partial charge in [-0.2, -0.15) is 0 Å². The molecule has 0 fully saturated rings. The fourth-order valence-electron chi connectivity index (χ4n) is 2.77. The van der Waals surface area contributed by atoms with Gasteiger partial charge in [0.1, 0.15) is 5.01 Å². The Morgan fingerprint density at radius 1 is 1.13 bits per heavy atom. The average Bonchev–Trinajstić information content (AvgIpc) is 3.35. The molecule has 2 aromatic heterocycles. The molecule has 0 saturated heterocycles. The Balaban J connectivity index is 1.33. The van der Waals surface area contributed by atoms with Crippen LogP contribution in [-0.2, 0) is 17.0 Å². The molecule has 30 heavy (non-hydrogen) atoms. The molecule has 0 aliphatic rings. The van der Waals surface area contributed by atoms with Crippen molar-refractivity contribution in [2.24, 2.45) is 0 Å². The highest BCUT2D eigenvalue weighted by atomic mass is 32.2. The van der Waals surface area contributed by atoms with E-state index in [1.54, 1.807) is 0 Å². The Kier molecular flexibility index (Phi) is 6.10. The molecule has 2 heterocycles. The van der Waals surface area contributed by atoms with Gasteiger partial charge in [0, 0.05) is 22.4 Å². The summed E-state index contributed by atoms with van der Waals surface area (Å²) in [5.74, 6) is 7.28. The van der Waals surface area contributed by atoms with Crippen molar-refractivity contribution in [2.75, 3.05) is 11.2 Å².